The van der Waals surface area contributed by atoms with E-state index in [0.29, 0.717) is 18.1 Å². The smallest absolute Gasteiger partial charge is 0.0586 e. The van der Waals surface area contributed by atoms with E-state index in [9.17, 15) is 0 Å². The maximum absolute atomic E-state index is 8.95. The second-order valence-corrected chi connectivity index (χ2v) is 3.96. The van der Waals surface area contributed by atoms with Crippen molar-refractivity contribution in [1.29, 1.82) is 0 Å². The first-order valence-corrected chi connectivity index (χ1v) is 4.07. The molecule has 0 radical (unpaired) electrons. The molecular weight excluding hydrogens is 126 g/mol. The summed E-state index contributed by atoms with van der Waals surface area (Å²) in [7, 11) is 2.12. The second-order valence-electron chi connectivity index (χ2n) is 3.96. The number of rotatable bonds is 1. The Kier molecular flexibility index (Phi) is 1.29. The number of hydrogen-bond acceptors (Lipinski definition) is 2. The first kappa shape index (κ1) is 6.62. The van der Waals surface area contributed by atoms with E-state index in [1.165, 1.54) is 25.8 Å². The number of nitrogens with zero attached hydrogens (tertiary/aromatic N) is 1. The molecule has 0 unspecified atom stereocenters. The molecule has 1 saturated carbocycles. The Morgan fingerprint density at radius 1 is 1.60 bits per heavy atom. The number of aliphatic hydroxyl groups excluding tert-OH is 1. The maximum Gasteiger partial charge on any atom is 0.0586 e. The van der Waals surface area contributed by atoms with Crippen molar-refractivity contribution >= 4 is 0 Å². The van der Waals surface area contributed by atoms with Crippen molar-refractivity contribution in [2.24, 2.45) is 5.41 Å². The highest BCUT2D eigenvalue weighted by atomic mass is 16.3. The molecule has 0 aromatic heterocycles. The molecule has 0 aromatic carbocycles. The molecule has 1 aliphatic carbocycles. The standard InChI is InChI=1S/C8H15NO/c1-9-6-8(2-3-8)4-7(9)5-10/h7,10H,2-6H2,1H3/t7-/m0/s1. The molecule has 58 valence electrons. The molecule has 0 aromatic rings. The van der Waals surface area contributed by atoms with Crippen LogP contribution in [-0.4, -0.2) is 36.2 Å². The van der Waals surface area contributed by atoms with Gasteiger partial charge in [-0.1, -0.05) is 0 Å². The van der Waals surface area contributed by atoms with Crippen LogP contribution in [0.25, 0.3) is 0 Å². The van der Waals surface area contributed by atoms with E-state index in [4.69, 9.17) is 5.11 Å². The van der Waals surface area contributed by atoms with E-state index in [1.54, 1.807) is 0 Å². The first-order chi connectivity index (χ1) is 4.76. The Hall–Kier alpha value is -0.0800. The van der Waals surface area contributed by atoms with E-state index < -0.39 is 0 Å². The van der Waals surface area contributed by atoms with E-state index in [1.807, 2.05) is 0 Å². The lowest BCUT2D eigenvalue weighted by molar-refractivity contribution is 0.182. The number of likely N-dealkylation sites (tertiary alicyclic amines) is 1. The molecule has 10 heavy (non-hydrogen) atoms. The second kappa shape index (κ2) is 1.95. The van der Waals surface area contributed by atoms with Crippen molar-refractivity contribution < 1.29 is 5.11 Å². The van der Waals surface area contributed by atoms with Crippen molar-refractivity contribution in [2.75, 3.05) is 20.2 Å². The van der Waals surface area contributed by atoms with Crippen LogP contribution in [0.5, 0.6) is 0 Å². The normalized spacial score (nSPS) is 37.2. The van der Waals surface area contributed by atoms with E-state index in [-0.39, 0.29) is 0 Å². The third kappa shape index (κ3) is 0.867. The highest BCUT2D eigenvalue weighted by molar-refractivity contribution is 5.03. The fraction of sp³-hybridized carbons (Fsp3) is 1.00. The summed E-state index contributed by atoms with van der Waals surface area (Å²) in [5, 5.41) is 8.95. The van der Waals surface area contributed by atoms with Crippen LogP contribution in [0.2, 0.25) is 0 Å². The number of likely N-dealkylation sites (N-methyl/N-ethyl adjacent to an activating group) is 1. The van der Waals surface area contributed by atoms with Gasteiger partial charge in [0.1, 0.15) is 0 Å². The summed E-state index contributed by atoms with van der Waals surface area (Å²) < 4.78 is 0. The van der Waals surface area contributed by atoms with E-state index >= 15 is 0 Å². The molecule has 1 spiro atoms. The van der Waals surface area contributed by atoms with Gasteiger partial charge >= 0.3 is 0 Å². The van der Waals surface area contributed by atoms with Crippen molar-refractivity contribution in [3.63, 3.8) is 0 Å². The van der Waals surface area contributed by atoms with Gasteiger partial charge in [-0.3, -0.25) is 0 Å². The lowest BCUT2D eigenvalue weighted by atomic mass is 10.0. The predicted octanol–water partition coefficient (Wildman–Crippen LogP) is 0.463. The molecule has 2 aliphatic rings. The maximum atomic E-state index is 8.95. The molecule has 0 amide bonds. The molecule has 0 bridgehead atoms. The van der Waals surface area contributed by atoms with Crippen molar-refractivity contribution in [3.8, 4) is 0 Å². The summed E-state index contributed by atoms with van der Waals surface area (Å²) in [5.74, 6) is 0. The monoisotopic (exact) mass is 141 g/mol. The summed E-state index contributed by atoms with van der Waals surface area (Å²) in [4.78, 5) is 2.30. The summed E-state index contributed by atoms with van der Waals surface area (Å²) in [6.45, 7) is 1.57. The largest absolute Gasteiger partial charge is 0.395 e. The lowest BCUT2D eigenvalue weighted by Gasteiger charge is -2.15. The van der Waals surface area contributed by atoms with Crippen LogP contribution in [0.1, 0.15) is 19.3 Å². The minimum atomic E-state index is 0.345. The highest BCUT2D eigenvalue weighted by Gasteiger charge is 2.50. The SMILES string of the molecule is CN1CC2(CC2)C[C@H]1CO. The Labute approximate surface area is 61.8 Å². The summed E-state index contributed by atoms with van der Waals surface area (Å²) in [5.41, 5.74) is 0.655. The topological polar surface area (TPSA) is 23.5 Å². The molecular formula is C8H15NO. The predicted molar refractivity (Wildman–Crippen MR) is 39.8 cm³/mol. The minimum Gasteiger partial charge on any atom is -0.395 e. The zero-order chi connectivity index (χ0) is 7.19. The Bertz CT molecular complexity index is 142. The molecule has 2 fully saturated rings. The summed E-state index contributed by atoms with van der Waals surface area (Å²) >= 11 is 0. The Balaban J connectivity index is 2.00. The van der Waals surface area contributed by atoms with Crippen LogP contribution >= 0.6 is 0 Å². The lowest BCUT2D eigenvalue weighted by Crippen LogP contribution is -2.27. The molecule has 1 saturated heterocycles. The van der Waals surface area contributed by atoms with Crippen molar-refractivity contribution in [2.45, 2.75) is 25.3 Å². The Morgan fingerprint density at radius 3 is 2.60 bits per heavy atom. The molecule has 1 N–H and O–H groups in total. The zero-order valence-corrected chi connectivity index (χ0v) is 6.51. The summed E-state index contributed by atoms with van der Waals surface area (Å²) in [6, 6.07) is 0.461. The van der Waals surface area contributed by atoms with Gasteiger partial charge in [0.05, 0.1) is 6.61 Å². The van der Waals surface area contributed by atoms with Crippen LogP contribution in [0, 0.1) is 5.41 Å². The molecule has 2 nitrogen and oxygen atoms in total. The average molecular weight is 141 g/mol. The molecule has 1 aliphatic heterocycles. The third-order valence-corrected chi connectivity index (χ3v) is 3.04. The minimum absolute atomic E-state index is 0.345. The van der Waals surface area contributed by atoms with Gasteiger partial charge < -0.3 is 10.0 Å². The molecule has 2 rings (SSSR count). The van der Waals surface area contributed by atoms with Gasteiger partial charge in [0.2, 0.25) is 0 Å². The molecule has 1 atom stereocenters. The van der Waals surface area contributed by atoms with Gasteiger partial charge in [-0.25, -0.2) is 0 Å². The Morgan fingerprint density at radius 2 is 2.30 bits per heavy atom. The van der Waals surface area contributed by atoms with Gasteiger partial charge in [-0.05, 0) is 31.7 Å². The quantitative estimate of drug-likeness (QED) is 0.573. The number of aliphatic hydroxyl groups is 1. The average Bonchev–Trinajstić information content (AvgIpc) is 2.55. The molecule has 2 heteroatoms. The van der Waals surface area contributed by atoms with Gasteiger partial charge in [-0.15, -0.1) is 0 Å². The first-order valence-electron chi connectivity index (χ1n) is 4.07. The number of hydrogen-bond donors (Lipinski definition) is 1. The fourth-order valence-electron chi connectivity index (χ4n) is 2.12. The van der Waals surface area contributed by atoms with Gasteiger partial charge in [-0.2, -0.15) is 0 Å². The van der Waals surface area contributed by atoms with Crippen LogP contribution < -0.4 is 0 Å². The van der Waals surface area contributed by atoms with E-state index in [0.717, 1.165) is 0 Å². The van der Waals surface area contributed by atoms with Crippen LogP contribution in [0.15, 0.2) is 0 Å². The van der Waals surface area contributed by atoms with Crippen molar-refractivity contribution in [1.82, 2.24) is 4.90 Å². The molecule has 1 heterocycles. The van der Waals surface area contributed by atoms with Gasteiger partial charge in [0.15, 0.2) is 0 Å². The van der Waals surface area contributed by atoms with Crippen LogP contribution in [0.3, 0.4) is 0 Å². The summed E-state index contributed by atoms with van der Waals surface area (Å²) in [6.07, 6.45) is 4.03. The fourth-order valence-corrected chi connectivity index (χ4v) is 2.12. The van der Waals surface area contributed by atoms with Gasteiger partial charge in [0.25, 0.3) is 0 Å². The van der Waals surface area contributed by atoms with Crippen LogP contribution in [0.4, 0.5) is 0 Å². The zero-order valence-electron chi connectivity index (χ0n) is 6.51. The third-order valence-electron chi connectivity index (χ3n) is 3.04. The van der Waals surface area contributed by atoms with Gasteiger partial charge in [0, 0.05) is 12.6 Å². The van der Waals surface area contributed by atoms with Crippen LogP contribution in [-0.2, 0) is 0 Å². The van der Waals surface area contributed by atoms with Crippen molar-refractivity contribution in [3.05, 3.63) is 0 Å². The highest BCUT2D eigenvalue weighted by Crippen LogP contribution is 2.54. The van der Waals surface area contributed by atoms with E-state index in [2.05, 4.69) is 11.9 Å².